The van der Waals surface area contributed by atoms with Crippen LogP contribution in [0.1, 0.15) is 36.2 Å². The molecule has 1 atom stereocenters. The fourth-order valence-corrected chi connectivity index (χ4v) is 3.17. The van der Waals surface area contributed by atoms with Crippen LogP contribution in [0.3, 0.4) is 0 Å². The lowest BCUT2D eigenvalue weighted by Gasteiger charge is -2.26. The van der Waals surface area contributed by atoms with Crippen molar-refractivity contribution in [1.82, 2.24) is 5.32 Å². The molecule has 1 heterocycles. The number of anilines is 1. The van der Waals surface area contributed by atoms with Gasteiger partial charge in [-0.2, -0.15) is 0 Å². The Morgan fingerprint density at radius 3 is 2.60 bits per heavy atom. The third-order valence-corrected chi connectivity index (χ3v) is 5.09. The van der Waals surface area contributed by atoms with E-state index in [-0.39, 0.29) is 0 Å². The predicted octanol–water partition coefficient (Wildman–Crippen LogP) is 4.20. The van der Waals surface area contributed by atoms with E-state index in [0.717, 1.165) is 12.6 Å². The molecule has 1 saturated carbocycles. The Labute approximate surface area is 125 Å². The van der Waals surface area contributed by atoms with E-state index in [4.69, 9.17) is 0 Å². The average Bonchev–Trinajstić information content (AvgIpc) is 3.16. The Morgan fingerprint density at radius 1 is 1.25 bits per heavy atom. The summed E-state index contributed by atoms with van der Waals surface area (Å²) in [5, 5.41) is 5.70. The van der Waals surface area contributed by atoms with Gasteiger partial charge in [0, 0.05) is 30.2 Å². The zero-order valence-corrected chi connectivity index (χ0v) is 13.0. The van der Waals surface area contributed by atoms with Crippen LogP contribution in [0.5, 0.6) is 0 Å². The molecule has 0 saturated heterocycles. The molecule has 3 rings (SSSR count). The minimum absolute atomic E-state index is 0.422. The molecule has 0 bridgehead atoms. The van der Waals surface area contributed by atoms with Crippen molar-refractivity contribution >= 4 is 17.0 Å². The second kappa shape index (κ2) is 5.98. The molecular weight excluding hydrogens is 264 g/mol. The summed E-state index contributed by atoms with van der Waals surface area (Å²) < 4.78 is 0. The minimum atomic E-state index is 0.422. The zero-order chi connectivity index (χ0) is 13.9. The van der Waals surface area contributed by atoms with Crippen LogP contribution in [-0.4, -0.2) is 13.1 Å². The van der Waals surface area contributed by atoms with Crippen LogP contribution in [0.2, 0.25) is 0 Å². The third-order valence-electron chi connectivity index (χ3n) is 4.05. The first-order valence-electron chi connectivity index (χ1n) is 7.32. The maximum Gasteiger partial charge on any atom is 0.0603 e. The third kappa shape index (κ3) is 3.22. The first kappa shape index (κ1) is 13.7. The van der Waals surface area contributed by atoms with Crippen molar-refractivity contribution in [2.24, 2.45) is 0 Å². The molecule has 1 N–H and O–H groups in total. The van der Waals surface area contributed by atoms with E-state index in [1.807, 2.05) is 11.3 Å². The second-order valence-electron chi connectivity index (χ2n) is 5.62. The van der Waals surface area contributed by atoms with E-state index in [2.05, 4.69) is 66.0 Å². The maximum absolute atomic E-state index is 3.55. The number of hydrogen-bond acceptors (Lipinski definition) is 3. The predicted molar refractivity (Wildman–Crippen MR) is 87.4 cm³/mol. The number of hydrogen-bond donors (Lipinski definition) is 1. The van der Waals surface area contributed by atoms with Crippen molar-refractivity contribution in [3.63, 3.8) is 0 Å². The van der Waals surface area contributed by atoms with Crippen LogP contribution >= 0.6 is 11.3 Å². The summed E-state index contributed by atoms with van der Waals surface area (Å²) in [6.07, 6.45) is 2.69. The van der Waals surface area contributed by atoms with Crippen molar-refractivity contribution < 1.29 is 0 Å². The van der Waals surface area contributed by atoms with Crippen molar-refractivity contribution in [3.05, 3.63) is 52.2 Å². The van der Waals surface area contributed by atoms with E-state index < -0.39 is 0 Å². The highest BCUT2D eigenvalue weighted by atomic mass is 32.1. The Morgan fingerprint density at radius 2 is 2.00 bits per heavy atom. The first-order valence-corrected chi connectivity index (χ1v) is 8.20. The molecule has 1 unspecified atom stereocenters. The Balaban J connectivity index is 1.63. The highest BCUT2D eigenvalue weighted by Gasteiger charge is 2.20. The summed E-state index contributed by atoms with van der Waals surface area (Å²) in [4.78, 5) is 3.75. The van der Waals surface area contributed by atoms with Gasteiger partial charge in [-0.25, -0.2) is 0 Å². The van der Waals surface area contributed by atoms with Gasteiger partial charge in [-0.05, 0) is 48.9 Å². The molecule has 0 radical (unpaired) electrons. The topological polar surface area (TPSA) is 15.3 Å². The molecule has 2 aromatic rings. The summed E-state index contributed by atoms with van der Waals surface area (Å²) >= 11 is 1.82. The van der Waals surface area contributed by atoms with E-state index >= 15 is 0 Å². The van der Waals surface area contributed by atoms with Crippen molar-refractivity contribution in [2.45, 2.75) is 38.4 Å². The largest absolute Gasteiger partial charge is 0.367 e. The van der Waals surface area contributed by atoms with Crippen molar-refractivity contribution in [1.29, 1.82) is 0 Å². The van der Waals surface area contributed by atoms with Gasteiger partial charge in [0.15, 0.2) is 0 Å². The lowest BCUT2D eigenvalue weighted by atomic mass is 10.1. The smallest absolute Gasteiger partial charge is 0.0603 e. The molecule has 1 aromatic heterocycles. The van der Waals surface area contributed by atoms with Crippen LogP contribution in [0.4, 0.5) is 5.69 Å². The van der Waals surface area contributed by atoms with Gasteiger partial charge in [-0.15, -0.1) is 11.3 Å². The fraction of sp³-hybridized carbons (Fsp3) is 0.412. The Hall–Kier alpha value is -1.32. The van der Waals surface area contributed by atoms with Crippen LogP contribution < -0.4 is 10.2 Å². The molecule has 0 spiro atoms. The molecule has 1 aliphatic carbocycles. The van der Waals surface area contributed by atoms with Gasteiger partial charge in [0.05, 0.1) is 6.04 Å². The molecular formula is C17H22N2S. The molecule has 106 valence electrons. The average molecular weight is 286 g/mol. The lowest BCUT2D eigenvalue weighted by Crippen LogP contribution is -2.21. The Kier molecular flexibility index (Phi) is 4.08. The Bertz CT molecular complexity index is 529. The molecule has 0 aliphatic heterocycles. The van der Waals surface area contributed by atoms with Crippen LogP contribution in [0, 0.1) is 0 Å². The second-order valence-corrected chi connectivity index (χ2v) is 6.60. The van der Waals surface area contributed by atoms with Gasteiger partial charge in [0.25, 0.3) is 0 Å². The number of benzene rings is 1. The highest BCUT2D eigenvalue weighted by Crippen LogP contribution is 2.28. The fourth-order valence-electron chi connectivity index (χ4n) is 2.34. The molecule has 1 fully saturated rings. The standard InChI is InChI=1S/C17H22N2S/c1-13(17-4-3-11-20-17)19(2)16-9-5-14(6-10-16)12-18-15-7-8-15/h3-6,9-11,13,15,18H,7-8,12H2,1-2H3. The monoisotopic (exact) mass is 286 g/mol. The maximum atomic E-state index is 3.55. The van der Waals surface area contributed by atoms with Gasteiger partial charge < -0.3 is 10.2 Å². The summed E-state index contributed by atoms with van der Waals surface area (Å²) in [5.74, 6) is 0. The number of nitrogens with one attached hydrogen (secondary N) is 1. The normalized spacial score (nSPS) is 16.1. The zero-order valence-electron chi connectivity index (χ0n) is 12.2. The summed E-state index contributed by atoms with van der Waals surface area (Å²) in [7, 11) is 2.17. The first-order chi connectivity index (χ1) is 9.74. The van der Waals surface area contributed by atoms with Crippen molar-refractivity contribution in [3.8, 4) is 0 Å². The van der Waals surface area contributed by atoms with Crippen LogP contribution in [0.25, 0.3) is 0 Å². The van der Waals surface area contributed by atoms with E-state index in [0.29, 0.717) is 6.04 Å². The molecule has 1 aliphatic rings. The summed E-state index contributed by atoms with van der Waals surface area (Å²) in [5.41, 5.74) is 2.65. The molecule has 1 aromatic carbocycles. The molecule has 3 heteroatoms. The molecule has 2 nitrogen and oxygen atoms in total. The van der Waals surface area contributed by atoms with E-state index in [1.165, 1.54) is 29.0 Å². The van der Waals surface area contributed by atoms with Gasteiger partial charge in [0.2, 0.25) is 0 Å². The summed E-state index contributed by atoms with van der Waals surface area (Å²) in [6.45, 7) is 3.25. The van der Waals surface area contributed by atoms with Gasteiger partial charge in [-0.1, -0.05) is 18.2 Å². The quantitative estimate of drug-likeness (QED) is 0.856. The van der Waals surface area contributed by atoms with Crippen LogP contribution in [-0.2, 0) is 6.54 Å². The summed E-state index contributed by atoms with van der Waals surface area (Å²) in [6, 6.07) is 14.5. The van der Waals surface area contributed by atoms with E-state index in [1.54, 1.807) is 0 Å². The van der Waals surface area contributed by atoms with Crippen molar-refractivity contribution in [2.75, 3.05) is 11.9 Å². The van der Waals surface area contributed by atoms with E-state index in [9.17, 15) is 0 Å². The number of rotatable bonds is 6. The SMILES string of the molecule is CC(c1cccs1)N(C)c1ccc(CNC2CC2)cc1. The van der Waals surface area contributed by atoms with Crippen LogP contribution in [0.15, 0.2) is 41.8 Å². The lowest BCUT2D eigenvalue weighted by molar-refractivity contribution is 0.687. The number of thiophene rings is 1. The highest BCUT2D eigenvalue weighted by molar-refractivity contribution is 7.10. The molecule has 20 heavy (non-hydrogen) atoms. The van der Waals surface area contributed by atoms with Gasteiger partial charge in [0.1, 0.15) is 0 Å². The minimum Gasteiger partial charge on any atom is -0.367 e. The number of nitrogens with zero attached hydrogens (tertiary/aromatic N) is 1. The van der Waals surface area contributed by atoms with Gasteiger partial charge in [-0.3, -0.25) is 0 Å². The molecule has 0 amide bonds. The van der Waals surface area contributed by atoms with Gasteiger partial charge >= 0.3 is 0 Å².